The molecule has 0 aromatic heterocycles. The molecule has 1 N–H and O–H groups in total. The molecule has 0 saturated carbocycles. The molecule has 0 fully saturated rings. The lowest BCUT2D eigenvalue weighted by Gasteiger charge is -2.22. The maximum atomic E-state index is 10.3. The Bertz CT molecular complexity index is 521. The predicted octanol–water partition coefficient (Wildman–Crippen LogP) is 3.94. The second-order valence-corrected chi connectivity index (χ2v) is 5.57. The van der Waals surface area contributed by atoms with E-state index in [1.807, 2.05) is 18.2 Å². The van der Waals surface area contributed by atoms with Crippen LogP contribution >= 0.6 is 0 Å². The van der Waals surface area contributed by atoms with Crippen molar-refractivity contribution in [2.75, 3.05) is 13.1 Å². The zero-order chi connectivity index (χ0) is 15.1. The van der Waals surface area contributed by atoms with Crippen LogP contribution in [-0.4, -0.2) is 23.1 Å². The van der Waals surface area contributed by atoms with Crippen molar-refractivity contribution < 1.29 is 5.11 Å². The molecule has 1 atom stereocenters. The second kappa shape index (κ2) is 7.96. The van der Waals surface area contributed by atoms with Gasteiger partial charge in [0, 0.05) is 13.1 Å². The number of aliphatic hydroxyl groups excluding tert-OH is 1. The molecule has 0 aliphatic carbocycles. The van der Waals surface area contributed by atoms with Crippen LogP contribution in [0, 0.1) is 6.92 Å². The van der Waals surface area contributed by atoms with Gasteiger partial charge in [0.15, 0.2) is 0 Å². The van der Waals surface area contributed by atoms with Crippen LogP contribution in [0.2, 0.25) is 0 Å². The van der Waals surface area contributed by atoms with Crippen molar-refractivity contribution in [3.05, 3.63) is 71.3 Å². The van der Waals surface area contributed by atoms with Gasteiger partial charge in [-0.05, 0) is 31.0 Å². The van der Waals surface area contributed by atoms with Crippen LogP contribution < -0.4 is 0 Å². The maximum Gasteiger partial charge on any atom is 0.0802 e. The van der Waals surface area contributed by atoms with Gasteiger partial charge in [0.1, 0.15) is 0 Å². The Morgan fingerprint density at radius 1 is 1.00 bits per heavy atom. The molecule has 0 heterocycles. The summed E-state index contributed by atoms with van der Waals surface area (Å²) in [7, 11) is 0. The first-order valence-corrected chi connectivity index (χ1v) is 7.70. The van der Waals surface area contributed by atoms with Gasteiger partial charge in [0.25, 0.3) is 0 Å². The van der Waals surface area contributed by atoms with E-state index in [9.17, 15) is 5.11 Å². The van der Waals surface area contributed by atoms with Gasteiger partial charge in [-0.1, -0.05) is 67.1 Å². The van der Waals surface area contributed by atoms with E-state index in [4.69, 9.17) is 0 Å². The summed E-state index contributed by atoms with van der Waals surface area (Å²) in [5.74, 6) is 0. The van der Waals surface area contributed by atoms with Crippen molar-refractivity contribution in [3.8, 4) is 0 Å². The van der Waals surface area contributed by atoms with E-state index in [1.165, 1.54) is 11.1 Å². The smallest absolute Gasteiger partial charge is 0.0802 e. The summed E-state index contributed by atoms with van der Waals surface area (Å²) in [6, 6.07) is 18.6. The Labute approximate surface area is 128 Å². The quantitative estimate of drug-likeness (QED) is 0.832. The first kappa shape index (κ1) is 15.7. The van der Waals surface area contributed by atoms with E-state index in [1.54, 1.807) is 0 Å². The lowest BCUT2D eigenvalue weighted by molar-refractivity contribution is 0.141. The molecule has 0 spiro atoms. The van der Waals surface area contributed by atoms with E-state index in [0.717, 1.165) is 31.6 Å². The molecule has 0 radical (unpaired) electrons. The monoisotopic (exact) mass is 283 g/mol. The summed E-state index contributed by atoms with van der Waals surface area (Å²) in [6.45, 7) is 7.07. The highest BCUT2D eigenvalue weighted by molar-refractivity contribution is 5.23. The highest BCUT2D eigenvalue weighted by Gasteiger charge is 2.10. The van der Waals surface area contributed by atoms with E-state index in [-0.39, 0.29) is 6.10 Å². The first-order chi connectivity index (χ1) is 10.2. The van der Waals surface area contributed by atoms with Gasteiger partial charge in [-0.3, -0.25) is 4.90 Å². The highest BCUT2D eigenvalue weighted by atomic mass is 16.3. The van der Waals surface area contributed by atoms with Crippen LogP contribution in [0.15, 0.2) is 54.6 Å². The average Bonchev–Trinajstić information content (AvgIpc) is 2.52. The first-order valence-electron chi connectivity index (χ1n) is 7.70. The number of nitrogens with zero attached hydrogens (tertiary/aromatic N) is 1. The zero-order valence-electron chi connectivity index (χ0n) is 13.0. The van der Waals surface area contributed by atoms with E-state index in [2.05, 4.69) is 55.1 Å². The molecule has 2 aromatic carbocycles. The van der Waals surface area contributed by atoms with Gasteiger partial charge < -0.3 is 5.11 Å². The van der Waals surface area contributed by atoms with Crippen molar-refractivity contribution in [2.45, 2.75) is 32.9 Å². The van der Waals surface area contributed by atoms with E-state index in [0.29, 0.717) is 0 Å². The van der Waals surface area contributed by atoms with Crippen molar-refractivity contribution in [3.63, 3.8) is 0 Å². The van der Waals surface area contributed by atoms with E-state index < -0.39 is 0 Å². The number of aryl methyl sites for hydroxylation is 1. The van der Waals surface area contributed by atoms with Gasteiger partial charge in [-0.15, -0.1) is 0 Å². The van der Waals surface area contributed by atoms with Gasteiger partial charge in [0.05, 0.1) is 6.10 Å². The third kappa shape index (κ3) is 5.00. The number of hydrogen-bond donors (Lipinski definition) is 1. The van der Waals surface area contributed by atoms with E-state index >= 15 is 0 Å². The molecule has 2 rings (SSSR count). The summed E-state index contributed by atoms with van der Waals surface area (Å²) in [6.07, 6.45) is 0.388. The Kier molecular flexibility index (Phi) is 5.97. The molecule has 2 heteroatoms. The summed E-state index contributed by atoms with van der Waals surface area (Å²) in [5.41, 5.74) is 3.56. The minimum absolute atomic E-state index is 0.379. The van der Waals surface area contributed by atoms with Crippen LogP contribution in [0.25, 0.3) is 0 Å². The van der Waals surface area contributed by atoms with Crippen molar-refractivity contribution in [2.24, 2.45) is 0 Å². The SMILES string of the molecule is CCN(CCC(O)c1ccc(C)cc1)Cc1ccccc1. The number of rotatable bonds is 7. The van der Waals surface area contributed by atoms with Gasteiger partial charge in [-0.25, -0.2) is 0 Å². The predicted molar refractivity (Wildman–Crippen MR) is 88.1 cm³/mol. The summed E-state index contributed by atoms with van der Waals surface area (Å²) in [5, 5.41) is 10.3. The number of aliphatic hydroxyl groups is 1. The molecule has 2 aromatic rings. The maximum absolute atomic E-state index is 10.3. The minimum Gasteiger partial charge on any atom is -0.388 e. The Hall–Kier alpha value is -1.64. The zero-order valence-corrected chi connectivity index (χ0v) is 13.0. The van der Waals surface area contributed by atoms with Crippen LogP contribution in [0.5, 0.6) is 0 Å². The molecule has 0 aliphatic heterocycles. The molecule has 21 heavy (non-hydrogen) atoms. The summed E-state index contributed by atoms with van der Waals surface area (Å²) in [4.78, 5) is 2.37. The standard InChI is InChI=1S/C19H25NO/c1-3-20(15-17-7-5-4-6-8-17)14-13-19(21)18-11-9-16(2)10-12-18/h4-12,19,21H,3,13-15H2,1-2H3. The topological polar surface area (TPSA) is 23.5 Å². The Balaban J connectivity index is 1.86. The average molecular weight is 283 g/mol. The highest BCUT2D eigenvalue weighted by Crippen LogP contribution is 2.18. The fourth-order valence-electron chi connectivity index (χ4n) is 2.45. The number of hydrogen-bond acceptors (Lipinski definition) is 2. The van der Waals surface area contributed by atoms with Crippen LogP contribution in [0.1, 0.15) is 36.1 Å². The lowest BCUT2D eigenvalue weighted by atomic mass is 10.0. The fraction of sp³-hybridized carbons (Fsp3) is 0.368. The molecule has 112 valence electrons. The molecule has 1 unspecified atom stereocenters. The van der Waals surface area contributed by atoms with Crippen LogP contribution in [0.4, 0.5) is 0 Å². The molecule has 2 nitrogen and oxygen atoms in total. The second-order valence-electron chi connectivity index (χ2n) is 5.57. The third-order valence-electron chi connectivity index (χ3n) is 3.88. The van der Waals surface area contributed by atoms with Gasteiger partial charge in [0.2, 0.25) is 0 Å². The largest absolute Gasteiger partial charge is 0.388 e. The van der Waals surface area contributed by atoms with Crippen molar-refractivity contribution in [1.29, 1.82) is 0 Å². The van der Waals surface area contributed by atoms with Crippen molar-refractivity contribution in [1.82, 2.24) is 4.90 Å². The summed E-state index contributed by atoms with van der Waals surface area (Å²) >= 11 is 0. The molecule has 0 aliphatic rings. The molecule has 0 bridgehead atoms. The Morgan fingerprint density at radius 2 is 1.67 bits per heavy atom. The third-order valence-corrected chi connectivity index (χ3v) is 3.88. The molecule has 0 amide bonds. The lowest BCUT2D eigenvalue weighted by Crippen LogP contribution is -2.25. The minimum atomic E-state index is -0.379. The molecule has 0 saturated heterocycles. The van der Waals surface area contributed by atoms with Gasteiger partial charge >= 0.3 is 0 Å². The van der Waals surface area contributed by atoms with Gasteiger partial charge in [-0.2, -0.15) is 0 Å². The Morgan fingerprint density at radius 3 is 2.29 bits per heavy atom. The van der Waals surface area contributed by atoms with Crippen LogP contribution in [0.3, 0.4) is 0 Å². The summed E-state index contributed by atoms with van der Waals surface area (Å²) < 4.78 is 0. The van der Waals surface area contributed by atoms with Crippen molar-refractivity contribution >= 4 is 0 Å². The molecular formula is C19H25NO. The van der Waals surface area contributed by atoms with Crippen LogP contribution in [-0.2, 0) is 6.54 Å². The number of benzene rings is 2. The normalized spacial score (nSPS) is 12.6. The molecular weight excluding hydrogens is 258 g/mol. The fourth-order valence-corrected chi connectivity index (χ4v) is 2.45.